The maximum Gasteiger partial charge on any atom is 0.124 e. The van der Waals surface area contributed by atoms with Crippen molar-refractivity contribution < 1.29 is 5.11 Å². The topological polar surface area (TPSA) is 28.4 Å². The van der Waals surface area contributed by atoms with Crippen molar-refractivity contribution >= 4 is 21.8 Å². The molecule has 0 amide bonds. The molecule has 0 aliphatic heterocycles. The summed E-state index contributed by atoms with van der Waals surface area (Å²) in [6.07, 6.45) is 0. The highest BCUT2D eigenvalue weighted by atomic mass is 16.3. The summed E-state index contributed by atoms with van der Waals surface area (Å²) in [5.74, 6) is 0.401. The van der Waals surface area contributed by atoms with Gasteiger partial charge in [0.2, 0.25) is 0 Å². The Balaban J connectivity index is 1.82. The molecule has 1 N–H and O–H groups in total. The standard InChI is InChI=1S/C24H26N2O/c1-24(2,3)20-13-9-10-17(23(20)27)16-25(4)26-21-14-7-5-11-18(21)19-12-6-8-15-22(19)26/h5-15,27H,16H2,1-4H3. The molecule has 3 heteroatoms. The van der Waals surface area contributed by atoms with Crippen LogP contribution in [0.25, 0.3) is 21.8 Å². The molecule has 4 rings (SSSR count). The molecule has 0 fully saturated rings. The van der Waals surface area contributed by atoms with Crippen LogP contribution in [0.4, 0.5) is 0 Å². The van der Waals surface area contributed by atoms with E-state index in [9.17, 15) is 5.11 Å². The van der Waals surface area contributed by atoms with Gasteiger partial charge in [-0.05, 0) is 23.1 Å². The van der Waals surface area contributed by atoms with Crippen molar-refractivity contribution in [3.63, 3.8) is 0 Å². The Morgan fingerprint density at radius 3 is 1.93 bits per heavy atom. The summed E-state index contributed by atoms with van der Waals surface area (Å²) < 4.78 is 2.24. The number of phenolic OH excluding ortho intramolecular Hbond substituents is 1. The lowest BCUT2D eigenvalue weighted by atomic mass is 9.85. The third-order valence-corrected chi connectivity index (χ3v) is 5.22. The highest BCUT2D eigenvalue weighted by Crippen LogP contribution is 2.34. The number of fused-ring (bicyclic) bond motifs is 3. The van der Waals surface area contributed by atoms with Gasteiger partial charge in [-0.25, -0.2) is 0 Å². The van der Waals surface area contributed by atoms with Gasteiger partial charge < -0.3 is 10.1 Å². The molecule has 0 aliphatic carbocycles. The fraction of sp³-hybridized carbons (Fsp3) is 0.250. The molecule has 0 atom stereocenters. The van der Waals surface area contributed by atoms with Crippen LogP contribution in [0, 0.1) is 0 Å². The summed E-state index contributed by atoms with van der Waals surface area (Å²) >= 11 is 0. The smallest absolute Gasteiger partial charge is 0.124 e. The normalized spacial score (nSPS) is 12.0. The van der Waals surface area contributed by atoms with E-state index in [0.29, 0.717) is 12.3 Å². The second kappa shape index (κ2) is 6.34. The van der Waals surface area contributed by atoms with Gasteiger partial charge in [-0.3, -0.25) is 4.68 Å². The van der Waals surface area contributed by atoms with Crippen molar-refractivity contribution in [2.45, 2.75) is 32.7 Å². The molecule has 0 aliphatic rings. The van der Waals surface area contributed by atoms with Gasteiger partial charge >= 0.3 is 0 Å². The minimum atomic E-state index is -0.0918. The second-order valence-electron chi connectivity index (χ2n) is 8.23. The highest BCUT2D eigenvalue weighted by Gasteiger charge is 2.21. The molecular weight excluding hydrogens is 332 g/mol. The van der Waals surface area contributed by atoms with Crippen LogP contribution in [0.5, 0.6) is 5.75 Å². The number of rotatable bonds is 3. The molecule has 4 aromatic rings. The van der Waals surface area contributed by atoms with Crippen LogP contribution in [0.3, 0.4) is 0 Å². The first-order valence-corrected chi connectivity index (χ1v) is 9.39. The van der Waals surface area contributed by atoms with E-state index in [-0.39, 0.29) is 5.41 Å². The minimum Gasteiger partial charge on any atom is -0.507 e. The van der Waals surface area contributed by atoms with Crippen LogP contribution in [-0.2, 0) is 12.0 Å². The first kappa shape index (κ1) is 17.5. The Bertz CT molecular complexity index is 1070. The van der Waals surface area contributed by atoms with Crippen LogP contribution in [0.15, 0.2) is 66.7 Å². The first-order chi connectivity index (χ1) is 12.9. The SMILES string of the molecule is CN(Cc1cccc(C(C)(C)C)c1O)n1c2ccccc2c2ccccc21. The molecule has 1 heterocycles. The maximum absolute atomic E-state index is 10.9. The van der Waals surface area contributed by atoms with Gasteiger partial charge in [-0.2, -0.15) is 0 Å². The third-order valence-electron chi connectivity index (χ3n) is 5.22. The molecule has 0 spiro atoms. The van der Waals surface area contributed by atoms with Crippen molar-refractivity contribution in [1.82, 2.24) is 4.68 Å². The van der Waals surface area contributed by atoms with Crippen molar-refractivity contribution in [3.8, 4) is 5.75 Å². The summed E-state index contributed by atoms with van der Waals surface area (Å²) in [5, 5.41) is 15.5. The lowest BCUT2D eigenvalue weighted by Gasteiger charge is -2.26. The van der Waals surface area contributed by atoms with E-state index in [4.69, 9.17) is 0 Å². The fourth-order valence-corrected chi connectivity index (χ4v) is 3.91. The van der Waals surface area contributed by atoms with Crippen molar-refractivity contribution in [1.29, 1.82) is 0 Å². The van der Waals surface area contributed by atoms with Crippen molar-refractivity contribution in [2.75, 3.05) is 12.1 Å². The number of para-hydroxylation sites is 3. The average molecular weight is 358 g/mol. The number of hydrogen-bond donors (Lipinski definition) is 1. The molecule has 0 unspecified atom stereocenters. The molecule has 0 saturated heterocycles. The quantitative estimate of drug-likeness (QED) is 0.519. The minimum absolute atomic E-state index is 0.0918. The molecule has 3 nitrogen and oxygen atoms in total. The summed E-state index contributed by atoms with van der Waals surface area (Å²) in [6, 6.07) is 23.0. The number of aromatic nitrogens is 1. The zero-order valence-electron chi connectivity index (χ0n) is 16.4. The number of phenols is 1. The van der Waals surface area contributed by atoms with Gasteiger partial charge in [0.05, 0.1) is 17.6 Å². The van der Waals surface area contributed by atoms with Gasteiger partial charge in [0.15, 0.2) is 0 Å². The van der Waals surface area contributed by atoms with Gasteiger partial charge in [0.1, 0.15) is 5.75 Å². The Morgan fingerprint density at radius 2 is 1.37 bits per heavy atom. The zero-order chi connectivity index (χ0) is 19.2. The summed E-state index contributed by atoms with van der Waals surface area (Å²) in [7, 11) is 2.07. The van der Waals surface area contributed by atoms with Gasteiger partial charge in [-0.15, -0.1) is 0 Å². The van der Waals surface area contributed by atoms with E-state index < -0.39 is 0 Å². The maximum atomic E-state index is 10.9. The Morgan fingerprint density at radius 1 is 0.815 bits per heavy atom. The van der Waals surface area contributed by atoms with Crippen LogP contribution in [-0.4, -0.2) is 16.8 Å². The number of aromatic hydroxyl groups is 1. The Labute approximate surface area is 160 Å². The third kappa shape index (κ3) is 2.93. The van der Waals surface area contributed by atoms with Crippen LogP contribution < -0.4 is 5.01 Å². The molecule has 0 radical (unpaired) electrons. The monoisotopic (exact) mass is 358 g/mol. The van der Waals surface area contributed by atoms with Crippen molar-refractivity contribution in [2.24, 2.45) is 0 Å². The lowest BCUT2D eigenvalue weighted by Crippen LogP contribution is -2.29. The average Bonchev–Trinajstić information content (AvgIpc) is 2.97. The number of nitrogens with zero attached hydrogens (tertiary/aromatic N) is 2. The van der Waals surface area contributed by atoms with E-state index in [1.807, 2.05) is 18.2 Å². The first-order valence-electron chi connectivity index (χ1n) is 9.39. The lowest BCUT2D eigenvalue weighted by molar-refractivity contribution is 0.438. The van der Waals surface area contributed by atoms with Crippen LogP contribution in [0.1, 0.15) is 31.9 Å². The highest BCUT2D eigenvalue weighted by molar-refractivity contribution is 6.08. The van der Waals surface area contributed by atoms with Crippen molar-refractivity contribution in [3.05, 3.63) is 77.9 Å². The molecular formula is C24H26N2O. The van der Waals surface area contributed by atoms with Gasteiger partial charge in [0, 0.05) is 23.4 Å². The van der Waals surface area contributed by atoms with E-state index in [2.05, 4.69) is 86.0 Å². The molecule has 3 aromatic carbocycles. The molecule has 27 heavy (non-hydrogen) atoms. The molecule has 1 aromatic heterocycles. The largest absolute Gasteiger partial charge is 0.507 e. The van der Waals surface area contributed by atoms with E-state index in [0.717, 1.165) is 11.1 Å². The molecule has 138 valence electrons. The Kier molecular flexibility index (Phi) is 4.11. The zero-order valence-corrected chi connectivity index (χ0v) is 16.4. The van der Waals surface area contributed by atoms with Crippen LogP contribution >= 0.6 is 0 Å². The summed E-state index contributed by atoms with van der Waals surface area (Å²) in [4.78, 5) is 0. The summed E-state index contributed by atoms with van der Waals surface area (Å²) in [5.41, 5.74) is 4.17. The van der Waals surface area contributed by atoms with Crippen LogP contribution in [0.2, 0.25) is 0 Å². The number of benzene rings is 3. The predicted molar refractivity (Wildman–Crippen MR) is 114 cm³/mol. The molecule has 0 bridgehead atoms. The molecule has 0 saturated carbocycles. The van der Waals surface area contributed by atoms with E-state index in [1.165, 1.54) is 21.8 Å². The second-order valence-corrected chi connectivity index (χ2v) is 8.23. The fourth-order valence-electron chi connectivity index (χ4n) is 3.91. The van der Waals surface area contributed by atoms with E-state index in [1.54, 1.807) is 0 Å². The Hall–Kier alpha value is -2.94. The van der Waals surface area contributed by atoms with E-state index >= 15 is 0 Å². The van der Waals surface area contributed by atoms with Gasteiger partial charge in [-0.1, -0.05) is 75.4 Å². The summed E-state index contributed by atoms with van der Waals surface area (Å²) in [6.45, 7) is 7.01. The van der Waals surface area contributed by atoms with Gasteiger partial charge in [0.25, 0.3) is 0 Å². The number of hydrogen-bond acceptors (Lipinski definition) is 2. The predicted octanol–water partition coefficient (Wildman–Crippen LogP) is 5.57.